The Morgan fingerprint density at radius 2 is 2.44 bits per heavy atom. The third-order valence-electron chi connectivity index (χ3n) is 2.79. The van der Waals surface area contributed by atoms with Gasteiger partial charge in [0, 0.05) is 33.1 Å². The monoisotopic (exact) mass is 379 g/mol. The lowest BCUT2D eigenvalue weighted by Crippen LogP contribution is -2.06. The van der Waals surface area contributed by atoms with Crippen LogP contribution in [0, 0.1) is 0 Å². The van der Waals surface area contributed by atoms with Crippen LogP contribution in [0.15, 0.2) is 12.3 Å². The summed E-state index contributed by atoms with van der Waals surface area (Å²) < 4.78 is 10.6. The minimum Gasteiger partial charge on any atom is -0.462 e. The lowest BCUT2D eigenvalue weighted by molar-refractivity contribution is 0.0526. The molecule has 18 heavy (non-hydrogen) atoms. The third-order valence-corrected chi connectivity index (χ3v) is 3.57. The highest BCUT2D eigenvalue weighted by molar-refractivity contribution is 14.2. The van der Waals surface area contributed by atoms with Crippen LogP contribution in [-0.2, 0) is 15.3 Å². The topological polar surface area (TPSA) is 51.3 Å². The number of aromatic amines is 1. The van der Waals surface area contributed by atoms with Gasteiger partial charge in [-0.15, -0.1) is 0 Å². The second-order valence-electron chi connectivity index (χ2n) is 3.88. The van der Waals surface area contributed by atoms with Crippen molar-refractivity contribution in [3.05, 3.63) is 29.1 Å². The predicted octanol–water partition coefficient (Wildman–Crippen LogP) is 3.88. The van der Waals surface area contributed by atoms with E-state index in [2.05, 4.69) is 26.2 Å². The summed E-state index contributed by atoms with van der Waals surface area (Å²) in [6.45, 7) is 2.18. The molecule has 1 aromatic rings. The van der Waals surface area contributed by atoms with Gasteiger partial charge in [0.25, 0.3) is 0 Å². The molecule has 0 fully saturated rings. The van der Waals surface area contributed by atoms with Gasteiger partial charge in [0.1, 0.15) is 15.0 Å². The van der Waals surface area contributed by atoms with E-state index in [1.165, 1.54) is 9.21 Å². The summed E-state index contributed by atoms with van der Waals surface area (Å²) in [7, 11) is 1.25. The second-order valence-corrected chi connectivity index (χ2v) is 5.25. The van der Waals surface area contributed by atoms with Gasteiger partial charge >= 0.3 is 5.97 Å². The van der Waals surface area contributed by atoms with Gasteiger partial charge in [-0.2, -0.15) is 0 Å². The van der Waals surface area contributed by atoms with E-state index < -0.39 is 0 Å². The first-order valence-corrected chi connectivity index (χ1v) is 9.09. The molecule has 4 nitrogen and oxygen atoms in total. The molecule has 1 N–H and O–H groups in total. The van der Waals surface area contributed by atoms with Crippen molar-refractivity contribution in [3.63, 3.8) is 0 Å². The van der Waals surface area contributed by atoms with Crippen LogP contribution in [-0.4, -0.2) is 17.6 Å². The molecule has 0 aliphatic heterocycles. The van der Waals surface area contributed by atoms with E-state index in [1.807, 2.05) is 6.08 Å². The van der Waals surface area contributed by atoms with Gasteiger partial charge in [-0.25, -0.2) is 4.79 Å². The van der Waals surface area contributed by atoms with Gasteiger partial charge in [-0.1, -0.05) is 0 Å². The zero-order chi connectivity index (χ0) is 13.0. The lowest BCUT2D eigenvalue weighted by Gasteiger charge is -2.08. The van der Waals surface area contributed by atoms with Gasteiger partial charge < -0.3 is 13.9 Å². The third kappa shape index (κ3) is 2.85. The standard InChI is InChI=1S/C12H14INO3S/c1-2-16-12(15)8-7-14-9-5-3-4-6-10(11(8)9)17-18-13/h6-7,14H,2-5H2,1H3. The molecule has 0 saturated carbocycles. The number of aryl methyl sites for hydroxylation is 1. The number of nitrogens with one attached hydrogen (secondary N) is 1. The van der Waals surface area contributed by atoms with Gasteiger partial charge in [0.15, 0.2) is 0 Å². The van der Waals surface area contributed by atoms with Crippen LogP contribution in [0.3, 0.4) is 0 Å². The molecule has 2 rings (SSSR count). The number of carbonyl (C=O) groups excluding carboxylic acids is 1. The normalized spacial score (nSPS) is 14.4. The molecular formula is C12H14INO3S. The fourth-order valence-electron chi connectivity index (χ4n) is 2.04. The van der Waals surface area contributed by atoms with Crippen molar-refractivity contribution in [2.45, 2.75) is 26.2 Å². The summed E-state index contributed by atoms with van der Waals surface area (Å²) in [5.41, 5.74) is 2.47. The number of rotatable bonds is 4. The summed E-state index contributed by atoms with van der Waals surface area (Å²) in [5.74, 6) is 0.455. The molecule has 1 aromatic heterocycles. The number of carbonyl (C=O) groups is 1. The Morgan fingerprint density at radius 3 is 3.17 bits per heavy atom. The van der Waals surface area contributed by atoms with Gasteiger partial charge in [0.2, 0.25) is 0 Å². The molecule has 98 valence electrons. The molecule has 0 saturated heterocycles. The number of hydrogen-bond donors (Lipinski definition) is 1. The van der Waals surface area contributed by atoms with Crippen molar-refractivity contribution < 1.29 is 13.7 Å². The van der Waals surface area contributed by atoms with E-state index >= 15 is 0 Å². The quantitative estimate of drug-likeness (QED) is 0.490. The van der Waals surface area contributed by atoms with Crippen LogP contribution in [0.1, 0.15) is 41.4 Å². The minimum atomic E-state index is -0.301. The van der Waals surface area contributed by atoms with E-state index in [4.69, 9.17) is 8.92 Å². The predicted molar refractivity (Wildman–Crippen MR) is 80.4 cm³/mol. The molecule has 0 atom stereocenters. The fraction of sp³-hybridized carbons (Fsp3) is 0.417. The van der Waals surface area contributed by atoms with E-state index in [-0.39, 0.29) is 5.97 Å². The molecule has 0 spiro atoms. The Labute approximate surface area is 122 Å². The molecule has 0 amide bonds. The zero-order valence-electron chi connectivity index (χ0n) is 9.99. The zero-order valence-corrected chi connectivity index (χ0v) is 13.0. The maximum absolute atomic E-state index is 11.9. The number of halogens is 1. The van der Waals surface area contributed by atoms with Crippen LogP contribution >= 0.6 is 30.4 Å². The highest BCUT2D eigenvalue weighted by atomic mass is 127. The van der Waals surface area contributed by atoms with Crippen molar-refractivity contribution in [1.29, 1.82) is 0 Å². The number of ether oxygens (including phenoxy) is 1. The molecule has 6 heteroatoms. The summed E-state index contributed by atoms with van der Waals surface area (Å²) in [5, 5.41) is 0. The fourth-order valence-corrected chi connectivity index (χ4v) is 2.84. The van der Waals surface area contributed by atoms with Crippen LogP contribution in [0.5, 0.6) is 0 Å². The Hall–Kier alpha value is -0.630. The Balaban J connectivity index is 2.40. The lowest BCUT2D eigenvalue weighted by atomic mass is 10.1. The minimum absolute atomic E-state index is 0.301. The average molecular weight is 379 g/mol. The summed E-state index contributed by atoms with van der Waals surface area (Å²) in [6.07, 6.45) is 6.67. The van der Waals surface area contributed by atoms with Crippen LogP contribution in [0.2, 0.25) is 0 Å². The first-order valence-electron chi connectivity index (χ1n) is 5.81. The first kappa shape index (κ1) is 13.8. The highest BCUT2D eigenvalue weighted by Crippen LogP contribution is 2.33. The molecule has 0 aromatic carbocycles. The molecule has 0 radical (unpaired) electrons. The van der Waals surface area contributed by atoms with Gasteiger partial charge in [-0.3, -0.25) is 0 Å². The number of fused-ring (bicyclic) bond motifs is 1. The first-order chi connectivity index (χ1) is 8.77. The number of allylic oxidation sites excluding steroid dienone is 1. The molecular weight excluding hydrogens is 365 g/mol. The average Bonchev–Trinajstić information content (AvgIpc) is 2.68. The largest absolute Gasteiger partial charge is 0.462 e. The molecule has 0 bridgehead atoms. The number of hydrogen-bond acceptors (Lipinski definition) is 4. The van der Waals surface area contributed by atoms with E-state index in [1.54, 1.807) is 13.1 Å². The smallest absolute Gasteiger partial charge is 0.340 e. The second kappa shape index (κ2) is 6.51. The van der Waals surface area contributed by atoms with E-state index in [9.17, 15) is 4.79 Å². The number of H-pyrrole nitrogens is 1. The Kier molecular flexibility index (Phi) is 4.99. The van der Waals surface area contributed by atoms with Gasteiger partial charge in [0.05, 0.1) is 17.7 Å². The van der Waals surface area contributed by atoms with Crippen molar-refractivity contribution in [3.8, 4) is 0 Å². The van der Waals surface area contributed by atoms with Crippen molar-refractivity contribution in [1.82, 2.24) is 4.98 Å². The van der Waals surface area contributed by atoms with Crippen molar-refractivity contribution in [2.75, 3.05) is 6.61 Å². The van der Waals surface area contributed by atoms with Crippen molar-refractivity contribution in [2.24, 2.45) is 0 Å². The maximum Gasteiger partial charge on any atom is 0.340 e. The summed E-state index contributed by atoms with van der Waals surface area (Å²) in [4.78, 5) is 15.1. The molecule has 1 aliphatic rings. The molecule has 1 heterocycles. The molecule has 1 aliphatic carbocycles. The van der Waals surface area contributed by atoms with Crippen molar-refractivity contribution >= 4 is 42.1 Å². The Morgan fingerprint density at radius 1 is 1.61 bits per heavy atom. The van der Waals surface area contributed by atoms with Crippen LogP contribution < -0.4 is 0 Å². The van der Waals surface area contributed by atoms with Gasteiger partial charge in [-0.05, 0) is 32.3 Å². The van der Waals surface area contributed by atoms with E-state index in [0.717, 1.165) is 36.3 Å². The van der Waals surface area contributed by atoms with Crippen LogP contribution in [0.25, 0.3) is 5.76 Å². The molecule has 0 unspecified atom stereocenters. The van der Waals surface area contributed by atoms with E-state index in [0.29, 0.717) is 12.2 Å². The maximum atomic E-state index is 11.9. The Bertz CT molecular complexity index is 470. The summed E-state index contributed by atoms with van der Waals surface area (Å²) >= 11 is 2.07. The SMILES string of the molecule is CCOC(=O)c1c[nH]c2c1C(OSI)=CCCC2. The van der Waals surface area contributed by atoms with Crippen LogP contribution in [0.4, 0.5) is 0 Å². The summed E-state index contributed by atoms with van der Waals surface area (Å²) in [6, 6.07) is 0. The number of aromatic nitrogens is 1. The highest BCUT2D eigenvalue weighted by Gasteiger charge is 2.24. The number of esters is 1.